The highest BCUT2D eigenvalue weighted by molar-refractivity contribution is 5.87. The molecule has 22 heavy (non-hydrogen) atoms. The molecule has 2 aromatic rings. The van der Waals surface area contributed by atoms with Gasteiger partial charge < -0.3 is 15.2 Å². The van der Waals surface area contributed by atoms with Crippen molar-refractivity contribution < 1.29 is 14.6 Å². The van der Waals surface area contributed by atoms with Gasteiger partial charge in [-0.15, -0.1) is 0 Å². The number of aromatic nitrogens is 2. The van der Waals surface area contributed by atoms with Crippen LogP contribution in [0, 0.1) is 0 Å². The van der Waals surface area contributed by atoms with Crippen molar-refractivity contribution >= 4 is 11.7 Å². The topological polar surface area (TPSA) is 76.4 Å². The summed E-state index contributed by atoms with van der Waals surface area (Å²) in [4.78, 5) is 11.2. The predicted octanol–water partition coefficient (Wildman–Crippen LogP) is 2.23. The van der Waals surface area contributed by atoms with Crippen LogP contribution in [-0.2, 0) is 18.3 Å². The molecule has 0 radical (unpaired) electrons. The molecule has 1 aliphatic heterocycles. The average molecular weight is 301 g/mol. The summed E-state index contributed by atoms with van der Waals surface area (Å²) in [6, 6.07) is 8.11. The number of carboxylic acid groups (broad SMARTS) is 1. The summed E-state index contributed by atoms with van der Waals surface area (Å²) >= 11 is 0. The maximum atomic E-state index is 11.2. The highest BCUT2D eigenvalue weighted by atomic mass is 16.5. The number of anilines is 1. The minimum absolute atomic E-state index is 0.0941. The number of benzene rings is 1. The van der Waals surface area contributed by atoms with Crippen molar-refractivity contribution in [2.75, 3.05) is 18.5 Å². The second kappa shape index (κ2) is 6.19. The average Bonchev–Trinajstić information content (AvgIpc) is 3.14. The number of carbonyl (C=O) groups is 1. The number of aromatic carboxylic acids is 1. The van der Waals surface area contributed by atoms with E-state index < -0.39 is 5.97 Å². The van der Waals surface area contributed by atoms with Crippen LogP contribution in [0.2, 0.25) is 0 Å². The van der Waals surface area contributed by atoms with E-state index >= 15 is 0 Å². The first-order valence-corrected chi connectivity index (χ1v) is 7.31. The van der Waals surface area contributed by atoms with E-state index in [1.54, 1.807) is 13.2 Å². The molecule has 6 nitrogen and oxygen atoms in total. The number of rotatable bonds is 5. The molecule has 1 saturated heterocycles. The molecule has 1 aromatic carbocycles. The van der Waals surface area contributed by atoms with E-state index in [2.05, 4.69) is 16.5 Å². The number of hydrogen-bond donors (Lipinski definition) is 2. The van der Waals surface area contributed by atoms with E-state index in [1.807, 2.05) is 18.2 Å². The first kappa shape index (κ1) is 14.6. The number of aryl methyl sites for hydroxylation is 1. The molecule has 1 fully saturated rings. The van der Waals surface area contributed by atoms with Crippen molar-refractivity contribution in [1.29, 1.82) is 0 Å². The normalized spacial score (nSPS) is 17.6. The Bertz CT molecular complexity index is 675. The molecular formula is C16H19N3O3. The van der Waals surface area contributed by atoms with Crippen molar-refractivity contribution in [3.63, 3.8) is 0 Å². The molecule has 0 spiro atoms. The van der Waals surface area contributed by atoms with Crippen LogP contribution in [0.15, 0.2) is 30.5 Å². The second-order valence-electron chi connectivity index (χ2n) is 5.48. The lowest BCUT2D eigenvalue weighted by atomic mass is 9.96. The van der Waals surface area contributed by atoms with Crippen molar-refractivity contribution in [1.82, 2.24) is 9.78 Å². The van der Waals surface area contributed by atoms with E-state index in [-0.39, 0.29) is 5.69 Å². The van der Waals surface area contributed by atoms with Crippen LogP contribution in [0.4, 0.5) is 5.69 Å². The molecule has 6 heteroatoms. The van der Waals surface area contributed by atoms with Gasteiger partial charge in [0.25, 0.3) is 0 Å². The Morgan fingerprint density at radius 3 is 3.05 bits per heavy atom. The van der Waals surface area contributed by atoms with Gasteiger partial charge in [0.05, 0.1) is 6.61 Å². The fourth-order valence-electron chi connectivity index (χ4n) is 2.83. The fraction of sp³-hybridized carbons (Fsp3) is 0.375. The first-order chi connectivity index (χ1) is 10.6. The number of carboxylic acids is 1. The highest BCUT2D eigenvalue weighted by Gasteiger charge is 2.21. The summed E-state index contributed by atoms with van der Waals surface area (Å²) in [5.74, 6) is -0.605. The summed E-state index contributed by atoms with van der Waals surface area (Å²) in [7, 11) is 1.72. The van der Waals surface area contributed by atoms with Gasteiger partial charge in [0, 0.05) is 43.6 Å². The molecule has 0 amide bonds. The van der Waals surface area contributed by atoms with E-state index in [4.69, 9.17) is 4.74 Å². The highest BCUT2D eigenvalue weighted by Crippen LogP contribution is 2.31. The summed E-state index contributed by atoms with van der Waals surface area (Å²) in [5.41, 5.74) is 3.02. The molecule has 0 bridgehead atoms. The monoisotopic (exact) mass is 301 g/mol. The van der Waals surface area contributed by atoms with Crippen LogP contribution in [0.3, 0.4) is 0 Å². The van der Waals surface area contributed by atoms with Crippen LogP contribution in [0.1, 0.15) is 34.0 Å². The number of nitrogens with one attached hydrogen (secondary N) is 1. The third-order valence-corrected chi connectivity index (χ3v) is 3.91. The standard InChI is InChI=1S/C16H19N3O3/c1-19-9-12(15(18-19)16(20)21)8-17-14-5-3-2-4-13(14)11-6-7-22-10-11/h2-5,9,11,17H,6-8,10H2,1H3,(H,20,21). The SMILES string of the molecule is Cn1cc(CNc2ccccc2C2CCOC2)c(C(=O)O)n1. The van der Waals surface area contributed by atoms with Crippen LogP contribution in [0.5, 0.6) is 0 Å². The van der Waals surface area contributed by atoms with Gasteiger partial charge in [-0.3, -0.25) is 4.68 Å². The van der Waals surface area contributed by atoms with Gasteiger partial charge in [-0.25, -0.2) is 4.79 Å². The van der Waals surface area contributed by atoms with Crippen molar-refractivity contribution in [2.45, 2.75) is 18.9 Å². The maximum Gasteiger partial charge on any atom is 0.356 e. The van der Waals surface area contributed by atoms with Crippen molar-refractivity contribution in [3.05, 3.63) is 47.3 Å². The second-order valence-corrected chi connectivity index (χ2v) is 5.48. The minimum Gasteiger partial charge on any atom is -0.476 e. The largest absolute Gasteiger partial charge is 0.476 e. The molecule has 2 heterocycles. The molecule has 1 atom stereocenters. The lowest BCUT2D eigenvalue weighted by Crippen LogP contribution is -2.09. The number of para-hydroxylation sites is 1. The Morgan fingerprint density at radius 2 is 2.32 bits per heavy atom. The van der Waals surface area contributed by atoms with E-state index in [0.717, 1.165) is 25.3 Å². The Morgan fingerprint density at radius 1 is 1.50 bits per heavy atom. The zero-order valence-corrected chi connectivity index (χ0v) is 12.5. The van der Waals surface area contributed by atoms with Crippen molar-refractivity contribution in [2.24, 2.45) is 7.05 Å². The summed E-state index contributed by atoms with van der Waals surface area (Å²) in [6.45, 7) is 1.97. The summed E-state index contributed by atoms with van der Waals surface area (Å²) in [6.07, 6.45) is 2.75. The zero-order chi connectivity index (χ0) is 15.5. The van der Waals surface area contributed by atoms with E-state index in [9.17, 15) is 9.90 Å². The molecule has 116 valence electrons. The molecule has 0 aliphatic carbocycles. The fourth-order valence-corrected chi connectivity index (χ4v) is 2.83. The minimum atomic E-state index is -1.00. The Hall–Kier alpha value is -2.34. The molecule has 1 unspecified atom stereocenters. The zero-order valence-electron chi connectivity index (χ0n) is 12.5. The van der Waals surface area contributed by atoms with Gasteiger partial charge >= 0.3 is 5.97 Å². The van der Waals surface area contributed by atoms with Gasteiger partial charge in [0.1, 0.15) is 0 Å². The Labute approximate surface area is 128 Å². The van der Waals surface area contributed by atoms with Gasteiger partial charge in [-0.2, -0.15) is 5.10 Å². The molecule has 2 N–H and O–H groups in total. The van der Waals surface area contributed by atoms with Gasteiger partial charge in [0.2, 0.25) is 0 Å². The van der Waals surface area contributed by atoms with Gasteiger partial charge in [-0.1, -0.05) is 18.2 Å². The molecule has 1 aromatic heterocycles. The Balaban J connectivity index is 1.78. The first-order valence-electron chi connectivity index (χ1n) is 7.31. The number of hydrogen-bond acceptors (Lipinski definition) is 4. The third-order valence-electron chi connectivity index (χ3n) is 3.91. The van der Waals surface area contributed by atoms with Crippen LogP contribution in [0.25, 0.3) is 0 Å². The predicted molar refractivity (Wildman–Crippen MR) is 82.1 cm³/mol. The van der Waals surface area contributed by atoms with Crippen LogP contribution < -0.4 is 5.32 Å². The van der Waals surface area contributed by atoms with Crippen LogP contribution in [-0.4, -0.2) is 34.1 Å². The van der Waals surface area contributed by atoms with Gasteiger partial charge in [-0.05, 0) is 18.1 Å². The molecular weight excluding hydrogens is 282 g/mol. The smallest absolute Gasteiger partial charge is 0.356 e. The summed E-state index contributed by atoms with van der Waals surface area (Å²) in [5, 5.41) is 16.5. The Kier molecular flexibility index (Phi) is 4.11. The third kappa shape index (κ3) is 2.96. The van der Waals surface area contributed by atoms with E-state index in [1.165, 1.54) is 10.2 Å². The molecule has 0 saturated carbocycles. The number of nitrogens with zero attached hydrogens (tertiary/aromatic N) is 2. The molecule has 3 rings (SSSR count). The lowest BCUT2D eigenvalue weighted by Gasteiger charge is -2.15. The summed E-state index contributed by atoms with van der Waals surface area (Å²) < 4.78 is 6.99. The van der Waals surface area contributed by atoms with Gasteiger partial charge in [0.15, 0.2) is 5.69 Å². The lowest BCUT2D eigenvalue weighted by molar-refractivity contribution is 0.0688. The van der Waals surface area contributed by atoms with Crippen LogP contribution >= 0.6 is 0 Å². The molecule has 1 aliphatic rings. The van der Waals surface area contributed by atoms with Crippen molar-refractivity contribution in [3.8, 4) is 0 Å². The quantitative estimate of drug-likeness (QED) is 0.885. The maximum absolute atomic E-state index is 11.2. The number of ether oxygens (including phenoxy) is 1. The van der Waals surface area contributed by atoms with E-state index in [0.29, 0.717) is 18.0 Å².